The van der Waals surface area contributed by atoms with Gasteiger partial charge in [-0.25, -0.2) is 0 Å². The lowest BCUT2D eigenvalue weighted by molar-refractivity contribution is 0.582. The van der Waals surface area contributed by atoms with E-state index in [1.165, 1.54) is 16.9 Å². The Morgan fingerprint density at radius 3 is 2.71 bits per heavy atom. The molecule has 0 bridgehead atoms. The monoisotopic (exact) mass is 315 g/mol. The number of rotatable bonds is 3. The molecule has 0 radical (unpaired) electrons. The van der Waals surface area contributed by atoms with Crippen LogP contribution >= 0.6 is 15.9 Å². The summed E-state index contributed by atoms with van der Waals surface area (Å²) in [7, 11) is -2.01. The predicted octanol–water partition coefficient (Wildman–Crippen LogP) is 1.98. The van der Waals surface area contributed by atoms with E-state index in [0.717, 1.165) is 4.47 Å². The van der Waals surface area contributed by atoms with Crippen LogP contribution in [0, 0.1) is 0 Å². The van der Waals surface area contributed by atoms with E-state index in [1.54, 1.807) is 25.2 Å². The molecule has 0 fully saturated rings. The van der Waals surface area contributed by atoms with Crippen molar-refractivity contribution in [2.75, 3.05) is 4.72 Å². The molecule has 17 heavy (non-hydrogen) atoms. The molecule has 2 aromatic rings. The van der Waals surface area contributed by atoms with E-state index in [1.807, 2.05) is 6.07 Å². The SMILES string of the molecule is Cn1nccc1S(=O)(=O)Nc1cccc(Br)c1. The van der Waals surface area contributed by atoms with Crippen molar-refractivity contribution in [3.63, 3.8) is 0 Å². The number of nitrogens with zero attached hydrogens (tertiary/aromatic N) is 2. The van der Waals surface area contributed by atoms with Crippen molar-refractivity contribution in [1.29, 1.82) is 0 Å². The first-order valence-corrected chi connectivity index (χ1v) is 7.03. The highest BCUT2D eigenvalue weighted by Gasteiger charge is 2.17. The molecule has 0 saturated heterocycles. The maximum atomic E-state index is 12.0. The number of nitrogens with one attached hydrogen (secondary N) is 1. The van der Waals surface area contributed by atoms with Gasteiger partial charge in [0.05, 0.1) is 6.20 Å². The van der Waals surface area contributed by atoms with Gasteiger partial charge in [-0.05, 0) is 24.3 Å². The Balaban J connectivity index is 2.33. The third kappa shape index (κ3) is 2.67. The second-order valence-electron chi connectivity index (χ2n) is 3.41. The van der Waals surface area contributed by atoms with E-state index in [0.29, 0.717) is 5.69 Å². The quantitative estimate of drug-likeness (QED) is 0.942. The van der Waals surface area contributed by atoms with Gasteiger partial charge >= 0.3 is 0 Å². The van der Waals surface area contributed by atoms with E-state index in [9.17, 15) is 8.42 Å². The molecular weight excluding hydrogens is 306 g/mol. The highest BCUT2D eigenvalue weighted by molar-refractivity contribution is 9.10. The highest BCUT2D eigenvalue weighted by atomic mass is 79.9. The molecule has 0 aliphatic rings. The molecule has 90 valence electrons. The largest absolute Gasteiger partial charge is 0.279 e. The van der Waals surface area contributed by atoms with Crippen molar-refractivity contribution < 1.29 is 8.42 Å². The van der Waals surface area contributed by atoms with Crippen LogP contribution < -0.4 is 4.72 Å². The summed E-state index contributed by atoms with van der Waals surface area (Å²) >= 11 is 3.28. The van der Waals surface area contributed by atoms with Gasteiger partial charge in [-0.1, -0.05) is 22.0 Å². The van der Waals surface area contributed by atoms with Crippen LogP contribution in [-0.2, 0) is 17.1 Å². The topological polar surface area (TPSA) is 64.0 Å². The lowest BCUT2D eigenvalue weighted by Gasteiger charge is -2.08. The summed E-state index contributed by atoms with van der Waals surface area (Å²) in [6, 6.07) is 8.39. The van der Waals surface area contributed by atoms with Gasteiger partial charge in [-0.15, -0.1) is 0 Å². The standard InChI is InChI=1S/C10H10BrN3O2S/c1-14-10(5-6-12-14)17(15,16)13-9-4-2-3-8(11)7-9/h2-7,13H,1H3. The Hall–Kier alpha value is -1.34. The Bertz CT molecular complexity index is 637. The van der Waals surface area contributed by atoms with E-state index < -0.39 is 10.0 Å². The van der Waals surface area contributed by atoms with Gasteiger partial charge in [0.15, 0.2) is 5.03 Å². The molecule has 0 aliphatic carbocycles. The van der Waals surface area contributed by atoms with Gasteiger partial charge in [0.2, 0.25) is 0 Å². The third-order valence-electron chi connectivity index (χ3n) is 2.13. The molecule has 1 heterocycles. The number of anilines is 1. The van der Waals surface area contributed by atoms with Crippen LogP contribution in [-0.4, -0.2) is 18.2 Å². The predicted molar refractivity (Wildman–Crippen MR) is 68.2 cm³/mol. The molecule has 0 unspecified atom stereocenters. The average molecular weight is 316 g/mol. The van der Waals surface area contributed by atoms with Crippen LogP contribution in [0.25, 0.3) is 0 Å². The van der Waals surface area contributed by atoms with Crippen molar-refractivity contribution in [3.8, 4) is 0 Å². The number of aromatic nitrogens is 2. The van der Waals surface area contributed by atoms with Crippen molar-refractivity contribution in [3.05, 3.63) is 41.0 Å². The summed E-state index contributed by atoms with van der Waals surface area (Å²) < 4.78 is 28.6. The Kier molecular flexibility index (Phi) is 3.21. The number of halogens is 1. The van der Waals surface area contributed by atoms with Crippen LogP contribution in [0.15, 0.2) is 46.0 Å². The highest BCUT2D eigenvalue weighted by Crippen LogP contribution is 2.19. The maximum Gasteiger partial charge on any atom is 0.279 e. The minimum absolute atomic E-state index is 0.123. The number of benzene rings is 1. The van der Waals surface area contributed by atoms with Crippen molar-refractivity contribution in [2.45, 2.75) is 5.03 Å². The minimum Gasteiger partial charge on any atom is -0.278 e. The molecule has 0 aliphatic heterocycles. The zero-order valence-electron chi connectivity index (χ0n) is 8.96. The Labute approximate surface area is 108 Å². The lowest BCUT2D eigenvalue weighted by atomic mass is 10.3. The summed E-state index contributed by atoms with van der Waals surface area (Å²) in [5, 5.41) is 3.95. The fourth-order valence-corrected chi connectivity index (χ4v) is 2.96. The van der Waals surface area contributed by atoms with Gasteiger partial charge in [0.1, 0.15) is 0 Å². The average Bonchev–Trinajstić information content (AvgIpc) is 2.64. The van der Waals surface area contributed by atoms with Gasteiger partial charge in [0, 0.05) is 17.2 Å². The number of sulfonamides is 1. The van der Waals surface area contributed by atoms with Crippen molar-refractivity contribution in [1.82, 2.24) is 9.78 Å². The van der Waals surface area contributed by atoms with Crippen molar-refractivity contribution >= 4 is 31.6 Å². The number of hydrogen-bond donors (Lipinski definition) is 1. The van der Waals surface area contributed by atoms with Gasteiger partial charge < -0.3 is 0 Å². The summed E-state index contributed by atoms with van der Waals surface area (Å²) in [6.07, 6.45) is 1.44. The van der Waals surface area contributed by atoms with E-state index in [2.05, 4.69) is 25.8 Å². The normalized spacial score (nSPS) is 11.4. The molecule has 5 nitrogen and oxygen atoms in total. The molecule has 0 amide bonds. The minimum atomic E-state index is -3.59. The van der Waals surface area contributed by atoms with Gasteiger partial charge in [0.25, 0.3) is 10.0 Å². The van der Waals surface area contributed by atoms with Crippen LogP contribution in [0.1, 0.15) is 0 Å². The smallest absolute Gasteiger partial charge is 0.278 e. The zero-order chi connectivity index (χ0) is 12.5. The Morgan fingerprint density at radius 2 is 2.12 bits per heavy atom. The molecule has 0 saturated carbocycles. The molecule has 1 N–H and O–H groups in total. The maximum absolute atomic E-state index is 12.0. The molecule has 2 rings (SSSR count). The molecular formula is C10H10BrN3O2S. The van der Waals surface area contributed by atoms with Crippen LogP contribution in [0.3, 0.4) is 0 Å². The van der Waals surface area contributed by atoms with Crippen LogP contribution in [0.5, 0.6) is 0 Å². The van der Waals surface area contributed by atoms with Crippen molar-refractivity contribution in [2.24, 2.45) is 7.05 Å². The second kappa shape index (κ2) is 4.50. The van der Waals surface area contributed by atoms with E-state index in [-0.39, 0.29) is 5.03 Å². The summed E-state index contributed by atoms with van der Waals surface area (Å²) in [6.45, 7) is 0. The fraction of sp³-hybridized carbons (Fsp3) is 0.100. The molecule has 1 aromatic carbocycles. The van der Waals surface area contributed by atoms with E-state index >= 15 is 0 Å². The first-order chi connectivity index (χ1) is 7.99. The second-order valence-corrected chi connectivity index (χ2v) is 5.95. The molecule has 1 aromatic heterocycles. The molecule has 0 atom stereocenters. The first-order valence-electron chi connectivity index (χ1n) is 4.75. The molecule has 7 heteroatoms. The summed E-state index contributed by atoms with van der Waals surface area (Å²) in [4.78, 5) is 0. The van der Waals surface area contributed by atoms with Gasteiger partial charge in [-0.3, -0.25) is 9.40 Å². The Morgan fingerprint density at radius 1 is 1.35 bits per heavy atom. The summed E-state index contributed by atoms with van der Waals surface area (Å²) in [5.41, 5.74) is 0.501. The van der Waals surface area contributed by atoms with E-state index in [4.69, 9.17) is 0 Å². The lowest BCUT2D eigenvalue weighted by Crippen LogP contribution is -2.16. The third-order valence-corrected chi connectivity index (χ3v) is 4.08. The number of hydrogen-bond acceptors (Lipinski definition) is 3. The summed E-state index contributed by atoms with van der Waals surface area (Å²) in [5.74, 6) is 0. The first kappa shape index (κ1) is 12.1. The molecule has 0 spiro atoms. The zero-order valence-corrected chi connectivity index (χ0v) is 11.4. The van der Waals surface area contributed by atoms with Crippen LogP contribution in [0.2, 0.25) is 0 Å². The number of aryl methyl sites for hydroxylation is 1. The van der Waals surface area contributed by atoms with Gasteiger partial charge in [-0.2, -0.15) is 13.5 Å². The fourth-order valence-electron chi connectivity index (χ4n) is 1.38. The van der Waals surface area contributed by atoms with Crippen LogP contribution in [0.4, 0.5) is 5.69 Å².